The van der Waals surface area contributed by atoms with Gasteiger partial charge in [-0.3, -0.25) is 4.79 Å². The molecule has 3 rings (SSSR count). The van der Waals surface area contributed by atoms with Gasteiger partial charge in [-0.2, -0.15) is 5.26 Å². The Labute approximate surface area is 115 Å². The number of carbonyl (C=O) groups is 1. The third kappa shape index (κ3) is 1.66. The summed E-state index contributed by atoms with van der Waals surface area (Å²) in [6.45, 7) is 3.05. The van der Waals surface area contributed by atoms with Crippen LogP contribution < -0.4 is 0 Å². The van der Waals surface area contributed by atoms with Crippen LogP contribution in [0.4, 0.5) is 0 Å². The molecule has 0 bridgehead atoms. The van der Waals surface area contributed by atoms with Crippen molar-refractivity contribution in [3.05, 3.63) is 40.0 Å². The molecule has 0 radical (unpaired) electrons. The molecule has 4 nitrogen and oxygen atoms in total. The third-order valence-electron chi connectivity index (χ3n) is 3.35. The maximum Gasteiger partial charge on any atom is 0.257 e. The summed E-state index contributed by atoms with van der Waals surface area (Å²) < 4.78 is 0. The first-order valence-corrected chi connectivity index (χ1v) is 6.35. The molecule has 94 valence electrons. The number of hydrogen-bond acceptors (Lipinski definition) is 3. The van der Waals surface area contributed by atoms with Gasteiger partial charge in [-0.15, -0.1) is 0 Å². The monoisotopic (exact) mass is 271 g/mol. The summed E-state index contributed by atoms with van der Waals surface area (Å²) in [5.41, 5.74) is 2.42. The highest BCUT2D eigenvalue weighted by Crippen LogP contribution is 2.33. The molecule has 0 aliphatic carbocycles. The largest absolute Gasteiger partial charge is 0.333 e. The van der Waals surface area contributed by atoms with Gasteiger partial charge in [0.2, 0.25) is 0 Å². The third-order valence-corrected chi connectivity index (χ3v) is 3.74. The number of fused-ring (bicyclic) bond motifs is 2. The van der Waals surface area contributed by atoms with Crippen LogP contribution in [0.5, 0.6) is 0 Å². The van der Waals surface area contributed by atoms with Gasteiger partial charge in [-0.05, 0) is 25.1 Å². The van der Waals surface area contributed by atoms with Crippen LogP contribution in [0.1, 0.15) is 28.5 Å². The molecule has 0 N–H and O–H groups in total. The Morgan fingerprint density at radius 2 is 2.32 bits per heavy atom. The average molecular weight is 272 g/mol. The maximum absolute atomic E-state index is 12.2. The lowest BCUT2D eigenvalue weighted by atomic mass is 10.1. The highest BCUT2D eigenvalue weighted by Gasteiger charge is 2.31. The van der Waals surface area contributed by atoms with Gasteiger partial charge in [0.25, 0.3) is 5.91 Å². The van der Waals surface area contributed by atoms with Crippen LogP contribution in [-0.2, 0) is 6.54 Å². The average Bonchev–Trinajstić information content (AvgIpc) is 2.75. The standard InChI is InChI=1S/C14H10ClN3O/c1-2-18-7-11-12(14(18)19)13(15)9-5-8(6-16)3-4-10(9)17-11/h3-5H,2,7H2,1H3. The van der Waals surface area contributed by atoms with E-state index in [1.807, 2.05) is 6.92 Å². The number of benzene rings is 1. The Hall–Kier alpha value is -2.12. The molecule has 0 saturated carbocycles. The first-order valence-electron chi connectivity index (χ1n) is 5.97. The number of carbonyl (C=O) groups excluding carboxylic acids is 1. The van der Waals surface area contributed by atoms with Crippen LogP contribution in [0.2, 0.25) is 5.02 Å². The van der Waals surface area contributed by atoms with Crippen LogP contribution >= 0.6 is 11.6 Å². The fourth-order valence-corrected chi connectivity index (χ4v) is 2.68. The normalized spacial score (nSPS) is 13.7. The van der Waals surface area contributed by atoms with Crippen molar-refractivity contribution in [2.24, 2.45) is 0 Å². The van der Waals surface area contributed by atoms with Crippen LogP contribution in [-0.4, -0.2) is 22.3 Å². The molecule has 0 saturated heterocycles. The minimum Gasteiger partial charge on any atom is -0.333 e. The number of nitriles is 1. The van der Waals surface area contributed by atoms with Crippen LogP contribution in [0.25, 0.3) is 10.9 Å². The number of hydrogen-bond donors (Lipinski definition) is 0. The van der Waals surface area contributed by atoms with Gasteiger partial charge >= 0.3 is 0 Å². The van der Waals surface area contributed by atoms with Gasteiger partial charge in [0.15, 0.2) is 0 Å². The van der Waals surface area contributed by atoms with E-state index in [1.165, 1.54) is 0 Å². The van der Waals surface area contributed by atoms with Crippen molar-refractivity contribution in [2.45, 2.75) is 13.5 Å². The molecule has 1 aromatic heterocycles. The van der Waals surface area contributed by atoms with E-state index in [1.54, 1.807) is 23.1 Å². The van der Waals surface area contributed by atoms with Crippen molar-refractivity contribution in [3.8, 4) is 6.07 Å². The predicted molar refractivity (Wildman–Crippen MR) is 71.9 cm³/mol. The molecule has 1 amide bonds. The first kappa shape index (κ1) is 11.9. The second-order valence-electron chi connectivity index (χ2n) is 4.41. The summed E-state index contributed by atoms with van der Waals surface area (Å²) in [5, 5.41) is 9.98. The number of nitrogens with zero attached hydrogens (tertiary/aromatic N) is 3. The summed E-state index contributed by atoms with van der Waals surface area (Å²) in [6, 6.07) is 7.20. The SMILES string of the molecule is CCN1Cc2nc3ccc(C#N)cc3c(Cl)c2C1=O. The lowest BCUT2D eigenvalue weighted by molar-refractivity contribution is 0.0787. The molecule has 5 heteroatoms. The van der Waals surface area contributed by atoms with E-state index < -0.39 is 0 Å². The molecule has 2 aromatic rings. The second-order valence-corrected chi connectivity index (χ2v) is 4.79. The minimum absolute atomic E-state index is 0.0840. The van der Waals surface area contributed by atoms with E-state index in [0.717, 1.165) is 0 Å². The van der Waals surface area contributed by atoms with E-state index in [9.17, 15) is 4.79 Å². The van der Waals surface area contributed by atoms with Gasteiger partial charge in [-0.25, -0.2) is 4.98 Å². The summed E-state index contributed by atoms with van der Waals surface area (Å²) >= 11 is 6.34. The van der Waals surface area contributed by atoms with Crippen molar-refractivity contribution < 1.29 is 4.79 Å². The predicted octanol–water partition coefficient (Wildman–Crippen LogP) is 2.74. The van der Waals surface area contributed by atoms with Crippen molar-refractivity contribution in [1.29, 1.82) is 5.26 Å². The van der Waals surface area contributed by atoms with Crippen LogP contribution in [0.15, 0.2) is 18.2 Å². The van der Waals surface area contributed by atoms with Crippen molar-refractivity contribution in [1.82, 2.24) is 9.88 Å². The lowest BCUT2D eigenvalue weighted by Gasteiger charge is -2.10. The molecule has 2 heterocycles. The lowest BCUT2D eigenvalue weighted by Crippen LogP contribution is -2.23. The fraction of sp³-hybridized carbons (Fsp3) is 0.214. The van der Waals surface area contributed by atoms with Gasteiger partial charge in [0.1, 0.15) is 0 Å². The molecular formula is C14H10ClN3O. The molecule has 0 unspecified atom stereocenters. The molecule has 0 atom stereocenters. The molecule has 0 fully saturated rings. The molecule has 1 aliphatic rings. The topological polar surface area (TPSA) is 57.0 Å². The van der Waals surface area contributed by atoms with E-state index in [4.69, 9.17) is 16.9 Å². The van der Waals surface area contributed by atoms with Gasteiger partial charge in [0, 0.05) is 11.9 Å². The first-order chi connectivity index (χ1) is 9.15. The van der Waals surface area contributed by atoms with Crippen molar-refractivity contribution in [3.63, 3.8) is 0 Å². The Morgan fingerprint density at radius 1 is 1.53 bits per heavy atom. The zero-order valence-corrected chi connectivity index (χ0v) is 11.0. The summed E-state index contributed by atoms with van der Waals surface area (Å²) in [6.07, 6.45) is 0. The number of pyridine rings is 1. The molecule has 1 aliphatic heterocycles. The Kier molecular flexibility index (Phi) is 2.65. The van der Waals surface area contributed by atoms with Gasteiger partial charge < -0.3 is 4.90 Å². The van der Waals surface area contributed by atoms with E-state index in [2.05, 4.69) is 11.1 Å². The zero-order chi connectivity index (χ0) is 13.6. The van der Waals surface area contributed by atoms with Gasteiger partial charge in [-0.1, -0.05) is 11.6 Å². The van der Waals surface area contributed by atoms with Crippen molar-refractivity contribution in [2.75, 3.05) is 6.54 Å². The highest BCUT2D eigenvalue weighted by molar-refractivity contribution is 6.38. The smallest absolute Gasteiger partial charge is 0.257 e. The quantitative estimate of drug-likeness (QED) is 0.801. The van der Waals surface area contributed by atoms with Crippen LogP contribution in [0, 0.1) is 11.3 Å². The number of rotatable bonds is 1. The molecule has 0 spiro atoms. The Bertz CT molecular complexity index is 748. The van der Waals surface area contributed by atoms with Crippen molar-refractivity contribution >= 4 is 28.4 Å². The molecule has 1 aromatic carbocycles. The summed E-state index contributed by atoms with van der Waals surface area (Å²) in [5.74, 6) is -0.0840. The molecule has 19 heavy (non-hydrogen) atoms. The van der Waals surface area contributed by atoms with Crippen LogP contribution in [0.3, 0.4) is 0 Å². The zero-order valence-electron chi connectivity index (χ0n) is 10.3. The molecular weight excluding hydrogens is 262 g/mol. The number of halogens is 1. The summed E-state index contributed by atoms with van der Waals surface area (Å²) in [7, 11) is 0. The number of aromatic nitrogens is 1. The summed E-state index contributed by atoms with van der Waals surface area (Å²) in [4.78, 5) is 18.4. The van der Waals surface area contributed by atoms with Gasteiger partial charge in [0.05, 0.1) is 40.0 Å². The number of amides is 1. The van der Waals surface area contributed by atoms with E-state index >= 15 is 0 Å². The Balaban J connectivity index is 2.30. The van der Waals surface area contributed by atoms with E-state index in [-0.39, 0.29) is 5.91 Å². The highest BCUT2D eigenvalue weighted by atomic mass is 35.5. The Morgan fingerprint density at radius 3 is 3.00 bits per heavy atom. The maximum atomic E-state index is 12.2. The fourth-order valence-electron chi connectivity index (χ4n) is 2.34. The second kappa shape index (κ2) is 4.22. The van der Waals surface area contributed by atoms with E-state index in [0.29, 0.717) is 45.8 Å². The minimum atomic E-state index is -0.0840.